The monoisotopic (exact) mass is 220 g/mol. The van der Waals surface area contributed by atoms with E-state index >= 15 is 0 Å². The van der Waals surface area contributed by atoms with E-state index in [2.05, 4.69) is 20.8 Å². The minimum atomic E-state index is 0.0481. The summed E-state index contributed by atoms with van der Waals surface area (Å²) in [4.78, 5) is 11.2. The van der Waals surface area contributed by atoms with Crippen molar-refractivity contribution in [2.24, 2.45) is 5.41 Å². The molecule has 1 rings (SSSR count). The molecule has 0 spiro atoms. The summed E-state index contributed by atoms with van der Waals surface area (Å²) in [5, 5.41) is 0. The minimum Gasteiger partial charge on any atom is -0.376 e. The van der Waals surface area contributed by atoms with Gasteiger partial charge in [0.2, 0.25) is 0 Å². The summed E-state index contributed by atoms with van der Waals surface area (Å²) in [6.07, 6.45) is 0.0495. The lowest BCUT2D eigenvalue weighted by Crippen LogP contribution is -2.20. The molecule has 0 saturated carbocycles. The van der Waals surface area contributed by atoms with Gasteiger partial charge in [-0.25, -0.2) is 0 Å². The second-order valence-electron chi connectivity index (χ2n) is 5.16. The first kappa shape index (κ1) is 12.9. The van der Waals surface area contributed by atoms with Crippen molar-refractivity contribution < 1.29 is 9.53 Å². The Balaban J connectivity index is 3.00. The minimum absolute atomic E-state index is 0.0481. The van der Waals surface area contributed by atoms with Gasteiger partial charge in [-0.3, -0.25) is 4.79 Å². The maximum Gasteiger partial charge on any atom is 0.159 e. The fourth-order valence-corrected chi connectivity index (χ4v) is 1.88. The molecule has 0 heterocycles. The summed E-state index contributed by atoms with van der Waals surface area (Å²) in [6, 6.07) is 7.65. The molecule has 2 nitrogen and oxygen atoms in total. The average Bonchev–Trinajstić information content (AvgIpc) is 2.17. The number of benzene rings is 1. The van der Waals surface area contributed by atoms with E-state index in [0.29, 0.717) is 0 Å². The van der Waals surface area contributed by atoms with Gasteiger partial charge in [-0.2, -0.15) is 0 Å². The lowest BCUT2D eigenvalue weighted by Gasteiger charge is -2.29. The third-order valence-electron chi connectivity index (χ3n) is 2.64. The SMILES string of the molecule is COC(c1ccc(C(C)=O)cc1)C(C)(C)C. The Labute approximate surface area is 97.6 Å². The van der Waals surface area contributed by atoms with Crippen LogP contribution in [0, 0.1) is 5.41 Å². The van der Waals surface area contributed by atoms with Crippen molar-refractivity contribution in [3.8, 4) is 0 Å². The van der Waals surface area contributed by atoms with Crippen LogP contribution in [0.5, 0.6) is 0 Å². The first-order chi connectivity index (χ1) is 7.36. The first-order valence-corrected chi connectivity index (χ1v) is 5.50. The van der Waals surface area contributed by atoms with Gasteiger partial charge < -0.3 is 4.74 Å². The van der Waals surface area contributed by atoms with Crippen molar-refractivity contribution in [1.82, 2.24) is 0 Å². The van der Waals surface area contributed by atoms with Gasteiger partial charge >= 0.3 is 0 Å². The molecule has 1 unspecified atom stereocenters. The van der Waals surface area contributed by atoms with Gasteiger partial charge in [0.25, 0.3) is 0 Å². The molecule has 0 radical (unpaired) electrons. The summed E-state index contributed by atoms with van der Waals surface area (Å²) < 4.78 is 5.52. The van der Waals surface area contributed by atoms with Gasteiger partial charge in [0, 0.05) is 12.7 Å². The summed E-state index contributed by atoms with van der Waals surface area (Å²) in [6.45, 7) is 7.99. The number of hydrogen-bond acceptors (Lipinski definition) is 2. The third-order valence-corrected chi connectivity index (χ3v) is 2.64. The Bertz CT molecular complexity index is 357. The molecule has 0 saturated heterocycles. The lowest BCUT2D eigenvalue weighted by atomic mass is 9.84. The molecule has 0 aliphatic rings. The van der Waals surface area contributed by atoms with Crippen LogP contribution in [0.3, 0.4) is 0 Å². The summed E-state index contributed by atoms with van der Waals surface area (Å²) in [5.41, 5.74) is 1.90. The predicted molar refractivity (Wildman–Crippen MR) is 65.7 cm³/mol. The van der Waals surface area contributed by atoms with Crippen molar-refractivity contribution in [3.05, 3.63) is 35.4 Å². The van der Waals surface area contributed by atoms with Crippen molar-refractivity contribution in [2.45, 2.75) is 33.8 Å². The third kappa shape index (κ3) is 2.92. The van der Waals surface area contributed by atoms with Crippen LogP contribution in [-0.4, -0.2) is 12.9 Å². The number of hydrogen-bond donors (Lipinski definition) is 0. The molecule has 0 aliphatic heterocycles. The molecule has 0 N–H and O–H groups in total. The van der Waals surface area contributed by atoms with Gasteiger partial charge in [-0.05, 0) is 17.9 Å². The van der Waals surface area contributed by atoms with Crippen LogP contribution < -0.4 is 0 Å². The van der Waals surface area contributed by atoms with Crippen LogP contribution in [0.4, 0.5) is 0 Å². The molecular weight excluding hydrogens is 200 g/mol. The van der Waals surface area contributed by atoms with Crippen LogP contribution in [-0.2, 0) is 4.74 Å². The molecule has 0 aromatic heterocycles. The average molecular weight is 220 g/mol. The summed E-state index contributed by atoms with van der Waals surface area (Å²) >= 11 is 0. The molecule has 0 fully saturated rings. The first-order valence-electron chi connectivity index (χ1n) is 5.50. The zero-order valence-electron chi connectivity index (χ0n) is 10.7. The Morgan fingerprint density at radius 1 is 1.19 bits per heavy atom. The molecule has 1 atom stereocenters. The van der Waals surface area contributed by atoms with Crippen LogP contribution in [0.25, 0.3) is 0 Å². The second-order valence-corrected chi connectivity index (χ2v) is 5.16. The summed E-state index contributed by atoms with van der Waals surface area (Å²) in [5.74, 6) is 0.0938. The zero-order valence-corrected chi connectivity index (χ0v) is 10.7. The van der Waals surface area contributed by atoms with E-state index < -0.39 is 0 Å². The van der Waals surface area contributed by atoms with Crippen LogP contribution >= 0.6 is 0 Å². The lowest BCUT2D eigenvalue weighted by molar-refractivity contribution is 0.0152. The highest BCUT2D eigenvalue weighted by Crippen LogP contribution is 2.35. The molecule has 16 heavy (non-hydrogen) atoms. The van der Waals surface area contributed by atoms with E-state index in [0.717, 1.165) is 11.1 Å². The second kappa shape index (κ2) is 4.79. The highest BCUT2D eigenvalue weighted by atomic mass is 16.5. The molecular formula is C14H20O2. The van der Waals surface area contributed by atoms with Gasteiger partial charge in [-0.1, -0.05) is 45.0 Å². The maximum atomic E-state index is 11.2. The molecule has 1 aromatic rings. The molecule has 1 aromatic carbocycles. The number of carbonyl (C=O) groups is 1. The van der Waals surface area contributed by atoms with Crippen molar-refractivity contribution in [3.63, 3.8) is 0 Å². The number of Topliss-reactive ketones (excluding diaryl/α,β-unsaturated/α-hetero) is 1. The van der Waals surface area contributed by atoms with Crippen LogP contribution in [0.15, 0.2) is 24.3 Å². The van der Waals surface area contributed by atoms with Crippen molar-refractivity contribution in [1.29, 1.82) is 0 Å². The molecule has 0 aliphatic carbocycles. The van der Waals surface area contributed by atoms with E-state index in [1.54, 1.807) is 14.0 Å². The quantitative estimate of drug-likeness (QED) is 0.727. The van der Waals surface area contributed by atoms with Gasteiger partial charge in [0.1, 0.15) is 0 Å². The number of carbonyl (C=O) groups excluding carboxylic acids is 1. The molecule has 88 valence electrons. The predicted octanol–water partition coefficient (Wildman–Crippen LogP) is 3.62. The van der Waals surface area contributed by atoms with E-state index in [1.165, 1.54) is 0 Å². The van der Waals surface area contributed by atoms with E-state index in [-0.39, 0.29) is 17.3 Å². The zero-order chi connectivity index (χ0) is 12.3. The fourth-order valence-electron chi connectivity index (χ4n) is 1.88. The van der Waals surface area contributed by atoms with Crippen molar-refractivity contribution in [2.75, 3.05) is 7.11 Å². The largest absolute Gasteiger partial charge is 0.376 e. The van der Waals surface area contributed by atoms with Gasteiger partial charge in [0.05, 0.1) is 6.10 Å². The number of methoxy groups -OCH3 is 1. The Hall–Kier alpha value is -1.15. The number of rotatable bonds is 3. The summed E-state index contributed by atoms with van der Waals surface area (Å²) in [7, 11) is 1.72. The Morgan fingerprint density at radius 3 is 2.00 bits per heavy atom. The van der Waals surface area contributed by atoms with E-state index in [1.807, 2.05) is 24.3 Å². The fraction of sp³-hybridized carbons (Fsp3) is 0.500. The molecule has 0 amide bonds. The maximum absolute atomic E-state index is 11.2. The van der Waals surface area contributed by atoms with Crippen LogP contribution in [0.2, 0.25) is 0 Å². The topological polar surface area (TPSA) is 26.3 Å². The van der Waals surface area contributed by atoms with Gasteiger partial charge in [-0.15, -0.1) is 0 Å². The number of ketones is 1. The highest BCUT2D eigenvalue weighted by molar-refractivity contribution is 5.94. The normalized spacial score (nSPS) is 13.6. The smallest absolute Gasteiger partial charge is 0.159 e. The Morgan fingerprint density at radius 2 is 1.69 bits per heavy atom. The van der Waals surface area contributed by atoms with Crippen LogP contribution in [0.1, 0.15) is 49.7 Å². The van der Waals surface area contributed by atoms with Crippen molar-refractivity contribution >= 4 is 5.78 Å². The Kier molecular flexibility index (Phi) is 3.87. The van der Waals surface area contributed by atoms with E-state index in [4.69, 9.17) is 4.74 Å². The number of ether oxygens (including phenoxy) is 1. The highest BCUT2D eigenvalue weighted by Gasteiger charge is 2.25. The standard InChI is InChI=1S/C14H20O2/c1-10(15)11-6-8-12(9-7-11)13(16-5)14(2,3)4/h6-9,13H,1-5H3. The molecule has 2 heteroatoms. The van der Waals surface area contributed by atoms with Gasteiger partial charge in [0.15, 0.2) is 5.78 Å². The van der Waals surface area contributed by atoms with E-state index in [9.17, 15) is 4.79 Å². The molecule has 0 bridgehead atoms.